The zero-order valence-corrected chi connectivity index (χ0v) is 12.3. The van der Waals surface area contributed by atoms with E-state index in [1.54, 1.807) is 13.1 Å². The number of aromatic nitrogens is 2. The molecule has 0 unspecified atom stereocenters. The Kier molecular flexibility index (Phi) is 3.69. The Morgan fingerprint density at radius 2 is 2.19 bits per heavy atom. The third kappa shape index (κ3) is 2.94. The molecule has 1 aromatic carbocycles. The van der Waals surface area contributed by atoms with Crippen LogP contribution in [0.4, 0.5) is 0 Å². The summed E-state index contributed by atoms with van der Waals surface area (Å²) in [6.07, 6.45) is 3.77. The van der Waals surface area contributed by atoms with Gasteiger partial charge in [0.05, 0.1) is 17.9 Å². The Bertz CT molecular complexity index is 678. The number of hydrogen-bond acceptors (Lipinski definition) is 4. The van der Waals surface area contributed by atoms with Crippen molar-refractivity contribution in [3.8, 4) is 11.4 Å². The number of nitrogens with zero attached hydrogens (tertiary/aromatic N) is 2. The molecule has 1 aliphatic rings. The van der Waals surface area contributed by atoms with Gasteiger partial charge in [0, 0.05) is 17.7 Å². The van der Waals surface area contributed by atoms with Gasteiger partial charge in [-0.25, -0.2) is 14.8 Å². The number of aryl methyl sites for hydroxylation is 1. The van der Waals surface area contributed by atoms with Crippen molar-refractivity contribution in [2.24, 2.45) is 0 Å². The van der Waals surface area contributed by atoms with Crippen molar-refractivity contribution in [2.45, 2.75) is 32.6 Å². The SMILES string of the molecule is CCOC(=O)c1cnc(-c2cccc(C)c2)nc1C1CC1. The Labute approximate surface area is 124 Å². The van der Waals surface area contributed by atoms with Crippen LogP contribution in [0.25, 0.3) is 11.4 Å². The first-order valence-corrected chi connectivity index (χ1v) is 7.30. The highest BCUT2D eigenvalue weighted by Crippen LogP contribution is 2.41. The summed E-state index contributed by atoms with van der Waals surface area (Å²) in [5.41, 5.74) is 3.49. The summed E-state index contributed by atoms with van der Waals surface area (Å²) in [5.74, 6) is 0.722. The molecule has 21 heavy (non-hydrogen) atoms. The van der Waals surface area contributed by atoms with E-state index in [0.717, 1.165) is 24.1 Å². The first-order valence-electron chi connectivity index (χ1n) is 7.30. The van der Waals surface area contributed by atoms with E-state index in [4.69, 9.17) is 4.74 Å². The topological polar surface area (TPSA) is 52.1 Å². The summed E-state index contributed by atoms with van der Waals surface area (Å²) in [6, 6.07) is 8.07. The van der Waals surface area contributed by atoms with Crippen molar-refractivity contribution in [1.29, 1.82) is 0 Å². The van der Waals surface area contributed by atoms with E-state index in [9.17, 15) is 4.79 Å². The summed E-state index contributed by atoms with van der Waals surface area (Å²) >= 11 is 0. The second-order valence-electron chi connectivity index (χ2n) is 5.36. The molecular formula is C17H18N2O2. The van der Waals surface area contributed by atoms with E-state index in [2.05, 4.69) is 16.0 Å². The van der Waals surface area contributed by atoms with E-state index in [1.807, 2.05) is 25.1 Å². The van der Waals surface area contributed by atoms with Gasteiger partial charge in [-0.15, -0.1) is 0 Å². The average Bonchev–Trinajstić information content (AvgIpc) is 3.31. The number of esters is 1. The van der Waals surface area contributed by atoms with Crippen LogP contribution in [0.2, 0.25) is 0 Å². The van der Waals surface area contributed by atoms with Crippen LogP contribution in [0.5, 0.6) is 0 Å². The zero-order valence-electron chi connectivity index (χ0n) is 12.3. The molecule has 1 aliphatic carbocycles. The second kappa shape index (κ2) is 5.64. The molecule has 0 radical (unpaired) electrons. The number of carbonyl (C=O) groups is 1. The van der Waals surface area contributed by atoms with Gasteiger partial charge in [0.25, 0.3) is 0 Å². The van der Waals surface area contributed by atoms with Crippen LogP contribution in [0.15, 0.2) is 30.5 Å². The molecule has 4 heteroatoms. The van der Waals surface area contributed by atoms with Crippen molar-refractivity contribution < 1.29 is 9.53 Å². The van der Waals surface area contributed by atoms with Crippen LogP contribution < -0.4 is 0 Å². The molecule has 1 saturated carbocycles. The van der Waals surface area contributed by atoms with Gasteiger partial charge in [-0.2, -0.15) is 0 Å². The fourth-order valence-corrected chi connectivity index (χ4v) is 2.35. The van der Waals surface area contributed by atoms with E-state index in [0.29, 0.717) is 23.9 Å². The highest BCUT2D eigenvalue weighted by Gasteiger charge is 2.31. The van der Waals surface area contributed by atoms with Crippen LogP contribution in [0.1, 0.15) is 47.3 Å². The highest BCUT2D eigenvalue weighted by atomic mass is 16.5. The van der Waals surface area contributed by atoms with Crippen molar-refractivity contribution in [3.63, 3.8) is 0 Å². The van der Waals surface area contributed by atoms with Gasteiger partial charge in [-0.05, 0) is 32.8 Å². The Morgan fingerprint density at radius 3 is 2.86 bits per heavy atom. The van der Waals surface area contributed by atoms with Crippen LogP contribution in [-0.2, 0) is 4.74 Å². The molecule has 4 nitrogen and oxygen atoms in total. The fraction of sp³-hybridized carbons (Fsp3) is 0.353. The highest BCUT2D eigenvalue weighted by molar-refractivity contribution is 5.90. The summed E-state index contributed by atoms with van der Waals surface area (Å²) in [4.78, 5) is 21.0. The van der Waals surface area contributed by atoms with Crippen molar-refractivity contribution in [2.75, 3.05) is 6.61 Å². The lowest BCUT2D eigenvalue weighted by Crippen LogP contribution is -2.11. The van der Waals surface area contributed by atoms with E-state index >= 15 is 0 Å². The van der Waals surface area contributed by atoms with Crippen molar-refractivity contribution in [3.05, 3.63) is 47.3 Å². The zero-order chi connectivity index (χ0) is 14.8. The lowest BCUT2D eigenvalue weighted by atomic mass is 10.1. The molecular weight excluding hydrogens is 264 g/mol. The quantitative estimate of drug-likeness (QED) is 0.805. The molecule has 2 aromatic rings. The average molecular weight is 282 g/mol. The Morgan fingerprint density at radius 1 is 1.38 bits per heavy atom. The number of carbonyl (C=O) groups excluding carboxylic acids is 1. The monoisotopic (exact) mass is 282 g/mol. The van der Waals surface area contributed by atoms with Crippen molar-refractivity contribution in [1.82, 2.24) is 9.97 Å². The van der Waals surface area contributed by atoms with Gasteiger partial charge in [0.15, 0.2) is 5.82 Å². The maximum absolute atomic E-state index is 12.0. The van der Waals surface area contributed by atoms with Crippen LogP contribution in [0, 0.1) is 6.92 Å². The first-order chi connectivity index (χ1) is 10.2. The molecule has 108 valence electrons. The molecule has 1 heterocycles. The van der Waals surface area contributed by atoms with Crippen LogP contribution in [-0.4, -0.2) is 22.5 Å². The number of rotatable bonds is 4. The largest absolute Gasteiger partial charge is 0.462 e. The fourth-order valence-electron chi connectivity index (χ4n) is 2.35. The van der Waals surface area contributed by atoms with Gasteiger partial charge >= 0.3 is 5.97 Å². The number of ether oxygens (including phenoxy) is 1. The molecule has 0 N–H and O–H groups in total. The smallest absolute Gasteiger partial charge is 0.341 e. The molecule has 0 atom stereocenters. The molecule has 0 amide bonds. The van der Waals surface area contributed by atoms with Gasteiger partial charge in [0.1, 0.15) is 0 Å². The van der Waals surface area contributed by atoms with Crippen LogP contribution >= 0.6 is 0 Å². The Hall–Kier alpha value is -2.23. The number of hydrogen-bond donors (Lipinski definition) is 0. The summed E-state index contributed by atoms with van der Waals surface area (Å²) in [6.45, 7) is 4.21. The normalized spacial score (nSPS) is 14.0. The van der Waals surface area contributed by atoms with Crippen molar-refractivity contribution >= 4 is 5.97 Å². The minimum atomic E-state index is -0.324. The predicted octanol–water partition coefficient (Wildman–Crippen LogP) is 3.51. The van der Waals surface area contributed by atoms with Gasteiger partial charge in [-0.3, -0.25) is 0 Å². The molecule has 1 fully saturated rings. The number of benzene rings is 1. The van der Waals surface area contributed by atoms with E-state index in [1.165, 1.54) is 5.56 Å². The van der Waals surface area contributed by atoms with Gasteiger partial charge in [0.2, 0.25) is 0 Å². The van der Waals surface area contributed by atoms with Gasteiger partial charge < -0.3 is 4.74 Å². The third-order valence-corrected chi connectivity index (χ3v) is 3.55. The lowest BCUT2D eigenvalue weighted by molar-refractivity contribution is 0.0524. The molecule has 0 bridgehead atoms. The third-order valence-electron chi connectivity index (χ3n) is 3.55. The molecule has 0 aliphatic heterocycles. The summed E-state index contributed by atoms with van der Waals surface area (Å²) in [5, 5.41) is 0. The molecule has 0 spiro atoms. The summed E-state index contributed by atoms with van der Waals surface area (Å²) in [7, 11) is 0. The molecule has 0 saturated heterocycles. The second-order valence-corrected chi connectivity index (χ2v) is 5.36. The van der Waals surface area contributed by atoms with E-state index in [-0.39, 0.29) is 5.97 Å². The first kappa shape index (κ1) is 13.7. The lowest BCUT2D eigenvalue weighted by Gasteiger charge is -2.09. The molecule has 1 aromatic heterocycles. The van der Waals surface area contributed by atoms with Crippen LogP contribution in [0.3, 0.4) is 0 Å². The van der Waals surface area contributed by atoms with Gasteiger partial charge in [-0.1, -0.05) is 23.8 Å². The Balaban J connectivity index is 2.01. The minimum absolute atomic E-state index is 0.324. The standard InChI is InChI=1S/C17H18N2O2/c1-3-21-17(20)14-10-18-16(19-15(14)12-7-8-12)13-6-4-5-11(2)9-13/h4-6,9-10,12H,3,7-8H2,1-2H3. The summed E-state index contributed by atoms with van der Waals surface area (Å²) < 4.78 is 5.09. The maximum atomic E-state index is 12.0. The maximum Gasteiger partial charge on any atom is 0.341 e. The molecule has 3 rings (SSSR count). The minimum Gasteiger partial charge on any atom is -0.462 e. The predicted molar refractivity (Wildman–Crippen MR) is 80.1 cm³/mol. The van der Waals surface area contributed by atoms with E-state index < -0.39 is 0 Å².